The lowest BCUT2D eigenvalue weighted by Crippen LogP contribution is -2.66. The predicted molar refractivity (Wildman–Crippen MR) is 149 cm³/mol. The molecule has 0 aliphatic heterocycles. The van der Waals surface area contributed by atoms with Crippen molar-refractivity contribution in [1.29, 1.82) is 0 Å². The summed E-state index contributed by atoms with van der Waals surface area (Å²) in [5.74, 6) is 1.35. The zero-order valence-corrected chi connectivity index (χ0v) is 23.5. The molecule has 0 unspecified atom stereocenters. The molecule has 0 bridgehead atoms. The van der Waals surface area contributed by atoms with Crippen molar-refractivity contribution in [2.24, 2.45) is 22.7 Å². The topological polar surface area (TPSA) is 9.23 Å². The van der Waals surface area contributed by atoms with Crippen LogP contribution in [0.15, 0.2) is 72.8 Å². The molecule has 0 radical (unpaired) electrons. The monoisotopic (exact) mass is 474 g/mol. The summed E-state index contributed by atoms with van der Waals surface area (Å²) in [5.41, 5.74) is 2.26. The van der Waals surface area contributed by atoms with E-state index in [9.17, 15) is 0 Å². The van der Waals surface area contributed by atoms with Crippen LogP contribution < -0.4 is 10.4 Å². The van der Waals surface area contributed by atoms with Crippen LogP contribution in [0.1, 0.15) is 80.1 Å². The van der Waals surface area contributed by atoms with E-state index in [4.69, 9.17) is 4.43 Å². The first-order chi connectivity index (χ1) is 16.0. The number of allylic oxidation sites excluding steroid dienone is 1. The maximum atomic E-state index is 7.29. The quantitative estimate of drug-likeness (QED) is 0.307. The fourth-order valence-corrected chi connectivity index (χ4v) is 12.5. The Hall–Kier alpha value is -1.64. The second-order valence-electron chi connectivity index (χ2n) is 13.0. The normalized spacial score (nSPS) is 27.3. The fraction of sp³-hybridized carbons (Fsp3) is 0.562. The van der Waals surface area contributed by atoms with Gasteiger partial charge in [0.15, 0.2) is 0 Å². The minimum absolute atomic E-state index is 0.0263. The van der Waals surface area contributed by atoms with Gasteiger partial charge >= 0.3 is 0 Å². The van der Waals surface area contributed by atoms with Crippen LogP contribution in [-0.4, -0.2) is 14.9 Å². The average Bonchev–Trinajstić information content (AvgIpc) is 2.78. The van der Waals surface area contributed by atoms with Gasteiger partial charge in [-0.05, 0) is 70.2 Å². The summed E-state index contributed by atoms with van der Waals surface area (Å²) < 4.78 is 7.29. The van der Waals surface area contributed by atoms with Gasteiger partial charge in [-0.15, -0.1) is 0 Å². The van der Waals surface area contributed by atoms with Crippen LogP contribution in [0.3, 0.4) is 0 Å². The summed E-state index contributed by atoms with van der Waals surface area (Å²) >= 11 is 0. The Labute approximate surface area is 210 Å². The minimum atomic E-state index is -2.48. The third-order valence-electron chi connectivity index (χ3n) is 9.46. The predicted octanol–water partition coefficient (Wildman–Crippen LogP) is 7.75. The fourth-order valence-electron chi connectivity index (χ4n) is 7.90. The number of fused-ring (bicyclic) bond motifs is 1. The van der Waals surface area contributed by atoms with E-state index in [1.807, 2.05) is 0 Å². The molecule has 2 aromatic carbocycles. The molecule has 184 valence electrons. The van der Waals surface area contributed by atoms with E-state index in [0.29, 0.717) is 16.7 Å². The zero-order valence-electron chi connectivity index (χ0n) is 22.5. The van der Waals surface area contributed by atoms with E-state index in [1.165, 1.54) is 48.1 Å². The van der Waals surface area contributed by atoms with Crippen molar-refractivity contribution in [1.82, 2.24) is 0 Å². The number of hydrogen-bond donors (Lipinski definition) is 0. The van der Waals surface area contributed by atoms with Crippen molar-refractivity contribution in [2.45, 2.75) is 85.1 Å². The molecule has 34 heavy (non-hydrogen) atoms. The molecule has 0 spiro atoms. The largest absolute Gasteiger partial charge is 0.407 e. The van der Waals surface area contributed by atoms with Crippen molar-refractivity contribution in [3.63, 3.8) is 0 Å². The van der Waals surface area contributed by atoms with Crippen molar-refractivity contribution in [3.05, 3.63) is 72.8 Å². The standard InChI is InChI=1S/C32H46OSi/c1-25-19-20-29-31(5,6)22-14-23-32(29,7)28(25)21-24-33-34(30(2,3)4,26-15-10-8-11-16-26)27-17-12-9-13-18-27/h8-13,15-18,28-29H,1,14,19-24H2,2-7H3/t28-,29-,32+/m0/s1. The van der Waals surface area contributed by atoms with Gasteiger partial charge in [-0.25, -0.2) is 0 Å². The SMILES string of the molecule is C=C1CC[C@H]2C(C)(C)CCC[C@]2(C)[C@H]1CCO[Si](c1ccccc1)(c1ccccc1)C(C)(C)C. The molecular formula is C32H46OSi. The Morgan fingerprint density at radius 1 is 0.912 bits per heavy atom. The Bertz CT molecular complexity index is 932. The molecule has 2 saturated carbocycles. The lowest BCUT2D eigenvalue weighted by atomic mass is 9.47. The van der Waals surface area contributed by atoms with Gasteiger partial charge in [-0.3, -0.25) is 0 Å². The summed E-state index contributed by atoms with van der Waals surface area (Å²) in [6.07, 6.45) is 7.64. The third kappa shape index (κ3) is 4.37. The van der Waals surface area contributed by atoms with Crippen LogP contribution in [0.25, 0.3) is 0 Å². The van der Waals surface area contributed by atoms with E-state index < -0.39 is 8.32 Å². The maximum Gasteiger partial charge on any atom is 0.261 e. The number of hydrogen-bond acceptors (Lipinski definition) is 1. The molecule has 2 aliphatic carbocycles. The van der Waals surface area contributed by atoms with Gasteiger partial charge in [0.1, 0.15) is 0 Å². The number of benzene rings is 2. The van der Waals surface area contributed by atoms with Gasteiger partial charge in [-0.1, -0.05) is 121 Å². The molecule has 2 aliphatic rings. The van der Waals surface area contributed by atoms with Crippen LogP contribution in [0, 0.1) is 22.7 Å². The second kappa shape index (κ2) is 9.43. The van der Waals surface area contributed by atoms with Gasteiger partial charge in [0, 0.05) is 6.61 Å². The van der Waals surface area contributed by atoms with E-state index in [-0.39, 0.29) is 5.04 Å². The molecule has 3 atom stereocenters. The molecule has 0 aromatic heterocycles. The summed E-state index contributed by atoms with van der Waals surface area (Å²) in [4.78, 5) is 0. The highest BCUT2D eigenvalue weighted by molar-refractivity contribution is 6.99. The smallest absolute Gasteiger partial charge is 0.261 e. The average molecular weight is 475 g/mol. The van der Waals surface area contributed by atoms with Crippen molar-refractivity contribution < 1.29 is 4.43 Å². The molecule has 2 fully saturated rings. The lowest BCUT2D eigenvalue weighted by molar-refractivity contribution is -0.0567. The Kier molecular flexibility index (Phi) is 7.06. The maximum absolute atomic E-state index is 7.29. The van der Waals surface area contributed by atoms with Crippen molar-refractivity contribution in [3.8, 4) is 0 Å². The van der Waals surface area contributed by atoms with Gasteiger partial charge in [-0.2, -0.15) is 0 Å². The summed E-state index contributed by atoms with van der Waals surface area (Å²) in [7, 11) is -2.48. The molecule has 2 heteroatoms. The molecule has 1 nitrogen and oxygen atoms in total. The Balaban J connectivity index is 1.66. The first kappa shape index (κ1) is 25.4. The molecule has 0 heterocycles. The van der Waals surface area contributed by atoms with Gasteiger partial charge < -0.3 is 4.43 Å². The molecule has 2 aromatic rings. The molecule has 0 N–H and O–H groups in total. The van der Waals surface area contributed by atoms with Gasteiger partial charge in [0.2, 0.25) is 0 Å². The van der Waals surface area contributed by atoms with Crippen molar-refractivity contribution in [2.75, 3.05) is 6.61 Å². The first-order valence-corrected chi connectivity index (χ1v) is 15.4. The van der Waals surface area contributed by atoms with Crippen LogP contribution >= 0.6 is 0 Å². The highest BCUT2D eigenvalue weighted by Crippen LogP contribution is 2.61. The van der Waals surface area contributed by atoms with E-state index in [2.05, 4.69) is 109 Å². The van der Waals surface area contributed by atoms with Crippen molar-refractivity contribution >= 4 is 18.7 Å². The Morgan fingerprint density at radius 2 is 1.47 bits per heavy atom. The lowest BCUT2D eigenvalue weighted by Gasteiger charge is -2.58. The minimum Gasteiger partial charge on any atom is -0.407 e. The van der Waals surface area contributed by atoms with E-state index in [1.54, 1.807) is 0 Å². The molecule has 4 rings (SSSR count). The summed E-state index contributed by atoms with van der Waals surface area (Å²) in [5, 5.41) is 2.77. The first-order valence-electron chi connectivity index (χ1n) is 13.4. The third-order valence-corrected chi connectivity index (χ3v) is 14.5. The summed E-state index contributed by atoms with van der Waals surface area (Å²) in [6.45, 7) is 20.2. The highest BCUT2D eigenvalue weighted by atomic mass is 28.4. The van der Waals surface area contributed by atoms with Gasteiger partial charge in [0.05, 0.1) is 0 Å². The molecular weight excluding hydrogens is 428 g/mol. The highest BCUT2D eigenvalue weighted by Gasteiger charge is 2.54. The summed E-state index contributed by atoms with van der Waals surface area (Å²) in [6, 6.07) is 22.1. The zero-order chi connectivity index (χ0) is 24.6. The number of rotatable bonds is 6. The van der Waals surface area contributed by atoms with Crippen LogP contribution in [-0.2, 0) is 4.43 Å². The second-order valence-corrected chi connectivity index (χ2v) is 17.3. The Morgan fingerprint density at radius 3 is 2.00 bits per heavy atom. The van der Waals surface area contributed by atoms with Crippen LogP contribution in [0.4, 0.5) is 0 Å². The van der Waals surface area contributed by atoms with E-state index in [0.717, 1.165) is 18.9 Å². The van der Waals surface area contributed by atoms with Gasteiger partial charge in [0.25, 0.3) is 8.32 Å². The van der Waals surface area contributed by atoms with Crippen LogP contribution in [0.5, 0.6) is 0 Å². The molecule has 0 amide bonds. The molecule has 0 saturated heterocycles. The van der Waals surface area contributed by atoms with Crippen LogP contribution in [0.2, 0.25) is 5.04 Å². The van der Waals surface area contributed by atoms with E-state index >= 15 is 0 Å².